The van der Waals surface area contributed by atoms with Crippen molar-refractivity contribution in [2.24, 2.45) is 0 Å². The summed E-state index contributed by atoms with van der Waals surface area (Å²) in [6.07, 6.45) is 1.48. The van der Waals surface area contributed by atoms with Crippen LogP contribution in [-0.2, 0) is 17.9 Å². The standard InChI is InChI=1S/C19H19Cl2N5O2S/c1-3-26-17(10-28-14-5-6-15(21)12(2)8-14)24-25-19(26)29-11-18(27)23-16-7-4-13(20)9-22-16/h4-9H,3,10-11H2,1-2H3,(H,22,23,27). The van der Waals surface area contributed by atoms with Gasteiger partial charge in [-0.05, 0) is 49.7 Å². The van der Waals surface area contributed by atoms with E-state index in [1.807, 2.05) is 30.5 Å². The van der Waals surface area contributed by atoms with E-state index in [0.717, 1.165) is 5.56 Å². The Morgan fingerprint density at radius 3 is 2.76 bits per heavy atom. The van der Waals surface area contributed by atoms with Gasteiger partial charge in [-0.2, -0.15) is 0 Å². The van der Waals surface area contributed by atoms with E-state index < -0.39 is 0 Å². The minimum Gasteiger partial charge on any atom is -0.486 e. The van der Waals surface area contributed by atoms with Gasteiger partial charge in [0, 0.05) is 17.8 Å². The van der Waals surface area contributed by atoms with Crippen molar-refractivity contribution in [2.45, 2.75) is 32.2 Å². The number of ether oxygens (including phenoxy) is 1. The summed E-state index contributed by atoms with van der Waals surface area (Å²) in [4.78, 5) is 16.2. The maximum Gasteiger partial charge on any atom is 0.236 e. The first-order valence-electron chi connectivity index (χ1n) is 8.81. The molecule has 7 nitrogen and oxygen atoms in total. The average molecular weight is 452 g/mol. The summed E-state index contributed by atoms with van der Waals surface area (Å²) in [6.45, 7) is 4.83. The van der Waals surface area contributed by atoms with Gasteiger partial charge in [-0.1, -0.05) is 35.0 Å². The van der Waals surface area contributed by atoms with Crippen LogP contribution in [-0.4, -0.2) is 31.4 Å². The molecule has 0 saturated carbocycles. The molecule has 0 atom stereocenters. The normalized spacial score (nSPS) is 10.8. The second kappa shape index (κ2) is 9.96. The number of halogens is 2. The summed E-state index contributed by atoms with van der Waals surface area (Å²) in [7, 11) is 0. The van der Waals surface area contributed by atoms with E-state index in [-0.39, 0.29) is 18.3 Å². The maximum atomic E-state index is 12.1. The third-order valence-corrected chi connectivity index (χ3v) is 5.55. The van der Waals surface area contributed by atoms with Gasteiger partial charge in [0.1, 0.15) is 18.2 Å². The second-order valence-electron chi connectivity index (χ2n) is 6.04. The van der Waals surface area contributed by atoms with E-state index in [1.165, 1.54) is 18.0 Å². The number of hydrogen-bond donors (Lipinski definition) is 1. The minimum absolute atomic E-state index is 0.180. The summed E-state index contributed by atoms with van der Waals surface area (Å²) in [5.74, 6) is 1.83. The van der Waals surface area contributed by atoms with Crippen LogP contribution in [0.2, 0.25) is 10.0 Å². The van der Waals surface area contributed by atoms with Crippen LogP contribution in [0.1, 0.15) is 18.3 Å². The fourth-order valence-electron chi connectivity index (χ4n) is 2.46. The Hall–Kier alpha value is -2.29. The van der Waals surface area contributed by atoms with E-state index in [2.05, 4.69) is 20.5 Å². The molecule has 152 valence electrons. The highest BCUT2D eigenvalue weighted by molar-refractivity contribution is 7.99. The number of pyridine rings is 1. The van der Waals surface area contributed by atoms with Crippen molar-refractivity contribution in [3.8, 4) is 5.75 Å². The van der Waals surface area contributed by atoms with E-state index >= 15 is 0 Å². The van der Waals surface area contributed by atoms with Crippen molar-refractivity contribution in [1.82, 2.24) is 19.7 Å². The first-order valence-corrected chi connectivity index (χ1v) is 10.6. The molecule has 0 aliphatic rings. The summed E-state index contributed by atoms with van der Waals surface area (Å²) < 4.78 is 7.73. The molecule has 1 aromatic carbocycles. The first kappa shape index (κ1) is 21.4. The molecule has 0 unspecified atom stereocenters. The third-order valence-electron chi connectivity index (χ3n) is 3.93. The minimum atomic E-state index is -0.190. The molecule has 29 heavy (non-hydrogen) atoms. The van der Waals surface area contributed by atoms with Crippen LogP contribution in [0.4, 0.5) is 5.82 Å². The molecule has 0 fully saturated rings. The number of thioether (sulfide) groups is 1. The highest BCUT2D eigenvalue weighted by Crippen LogP contribution is 2.23. The highest BCUT2D eigenvalue weighted by atomic mass is 35.5. The number of rotatable bonds is 8. The van der Waals surface area contributed by atoms with Crippen molar-refractivity contribution in [3.63, 3.8) is 0 Å². The quantitative estimate of drug-likeness (QED) is 0.503. The zero-order valence-corrected chi connectivity index (χ0v) is 18.2. The summed E-state index contributed by atoms with van der Waals surface area (Å²) in [5, 5.41) is 13.0. The molecule has 2 aromatic heterocycles. The van der Waals surface area contributed by atoms with Gasteiger partial charge in [-0.3, -0.25) is 4.79 Å². The Labute approximate surface area is 182 Å². The molecule has 1 amide bonds. The number of nitrogens with zero attached hydrogens (tertiary/aromatic N) is 4. The summed E-state index contributed by atoms with van der Waals surface area (Å²) in [5.41, 5.74) is 0.943. The maximum absolute atomic E-state index is 12.1. The second-order valence-corrected chi connectivity index (χ2v) is 7.83. The number of benzene rings is 1. The van der Waals surface area contributed by atoms with E-state index in [1.54, 1.807) is 18.2 Å². The van der Waals surface area contributed by atoms with Crippen molar-refractivity contribution < 1.29 is 9.53 Å². The van der Waals surface area contributed by atoms with Crippen LogP contribution in [0.5, 0.6) is 5.75 Å². The van der Waals surface area contributed by atoms with E-state index in [9.17, 15) is 4.79 Å². The van der Waals surface area contributed by atoms with Crippen LogP contribution in [0, 0.1) is 6.92 Å². The lowest BCUT2D eigenvalue weighted by Gasteiger charge is -2.10. The zero-order chi connectivity index (χ0) is 20.8. The van der Waals surface area contributed by atoms with Crippen LogP contribution < -0.4 is 10.1 Å². The third kappa shape index (κ3) is 5.85. The largest absolute Gasteiger partial charge is 0.486 e. The Balaban J connectivity index is 1.57. The molecule has 0 saturated heterocycles. The lowest BCUT2D eigenvalue weighted by Crippen LogP contribution is -2.15. The average Bonchev–Trinajstić information content (AvgIpc) is 3.11. The highest BCUT2D eigenvalue weighted by Gasteiger charge is 2.14. The number of anilines is 1. The van der Waals surface area contributed by atoms with Crippen LogP contribution in [0.25, 0.3) is 0 Å². The Morgan fingerprint density at radius 1 is 1.24 bits per heavy atom. The number of aryl methyl sites for hydroxylation is 1. The monoisotopic (exact) mass is 451 g/mol. The SMILES string of the molecule is CCn1c(COc2ccc(Cl)c(C)c2)nnc1SCC(=O)Nc1ccc(Cl)cn1. The van der Waals surface area contributed by atoms with Crippen LogP contribution in [0.15, 0.2) is 41.7 Å². The van der Waals surface area contributed by atoms with Crippen LogP contribution >= 0.6 is 35.0 Å². The molecule has 3 rings (SSSR count). The molecule has 10 heteroatoms. The number of nitrogens with one attached hydrogen (secondary N) is 1. The number of amides is 1. The van der Waals surface area contributed by atoms with Gasteiger partial charge in [-0.15, -0.1) is 10.2 Å². The molecular weight excluding hydrogens is 433 g/mol. The number of carbonyl (C=O) groups excluding carboxylic acids is 1. The fraction of sp³-hybridized carbons (Fsp3) is 0.263. The van der Waals surface area contributed by atoms with Crippen molar-refractivity contribution >= 4 is 46.7 Å². The molecule has 0 radical (unpaired) electrons. The number of aromatic nitrogens is 4. The summed E-state index contributed by atoms with van der Waals surface area (Å²) >= 11 is 13.1. The van der Waals surface area contributed by atoms with Crippen LogP contribution in [0.3, 0.4) is 0 Å². The van der Waals surface area contributed by atoms with Crippen molar-refractivity contribution in [2.75, 3.05) is 11.1 Å². The van der Waals surface area contributed by atoms with Gasteiger partial charge in [0.15, 0.2) is 11.0 Å². The van der Waals surface area contributed by atoms with Gasteiger partial charge in [0.2, 0.25) is 5.91 Å². The topological polar surface area (TPSA) is 81.9 Å². The van der Waals surface area contributed by atoms with Gasteiger partial charge < -0.3 is 14.6 Å². The molecule has 0 bridgehead atoms. The molecular formula is C19H19Cl2N5O2S. The predicted molar refractivity (Wildman–Crippen MR) is 115 cm³/mol. The Morgan fingerprint density at radius 2 is 2.07 bits per heavy atom. The number of carbonyl (C=O) groups is 1. The van der Waals surface area contributed by atoms with Gasteiger partial charge in [-0.25, -0.2) is 4.98 Å². The molecule has 0 aliphatic heterocycles. The molecule has 0 aliphatic carbocycles. The zero-order valence-electron chi connectivity index (χ0n) is 15.9. The van der Waals surface area contributed by atoms with Crippen molar-refractivity contribution in [1.29, 1.82) is 0 Å². The van der Waals surface area contributed by atoms with Gasteiger partial charge >= 0.3 is 0 Å². The molecule has 1 N–H and O–H groups in total. The smallest absolute Gasteiger partial charge is 0.236 e. The van der Waals surface area contributed by atoms with Crippen molar-refractivity contribution in [3.05, 3.63) is 58.0 Å². The molecule has 0 spiro atoms. The number of hydrogen-bond acceptors (Lipinski definition) is 6. The Bertz CT molecular complexity index is 995. The first-order chi connectivity index (χ1) is 14.0. The summed E-state index contributed by atoms with van der Waals surface area (Å²) in [6, 6.07) is 8.80. The molecule has 2 heterocycles. The van der Waals surface area contributed by atoms with Gasteiger partial charge in [0.05, 0.1) is 10.8 Å². The lowest BCUT2D eigenvalue weighted by atomic mass is 10.2. The fourth-order valence-corrected chi connectivity index (χ4v) is 3.51. The van der Waals surface area contributed by atoms with E-state index in [0.29, 0.717) is 39.1 Å². The van der Waals surface area contributed by atoms with E-state index in [4.69, 9.17) is 27.9 Å². The van der Waals surface area contributed by atoms with Gasteiger partial charge in [0.25, 0.3) is 0 Å². The Kier molecular flexibility index (Phi) is 7.35. The predicted octanol–water partition coefficient (Wildman–Crippen LogP) is 4.62. The molecule has 3 aromatic rings. The lowest BCUT2D eigenvalue weighted by molar-refractivity contribution is -0.113.